The predicted octanol–water partition coefficient (Wildman–Crippen LogP) is 3.80. The summed E-state index contributed by atoms with van der Waals surface area (Å²) in [6.07, 6.45) is 7.10. The maximum atomic E-state index is 13.0. The molecule has 0 bridgehead atoms. The molecule has 1 saturated carbocycles. The number of hydrogen-bond acceptors (Lipinski definition) is 5. The third-order valence-corrected chi connectivity index (χ3v) is 7.84. The molecule has 0 radical (unpaired) electrons. The van der Waals surface area contributed by atoms with Crippen molar-refractivity contribution in [3.8, 4) is 11.4 Å². The smallest absolute Gasteiger partial charge is 0.322 e. The minimum absolute atomic E-state index is 0.0291. The largest absolute Gasteiger partial charge is 0.355 e. The van der Waals surface area contributed by atoms with Gasteiger partial charge in [-0.05, 0) is 57.5 Å². The molecule has 8 nitrogen and oxygen atoms in total. The van der Waals surface area contributed by atoms with Crippen LogP contribution in [0.25, 0.3) is 11.4 Å². The molecular formula is C28H32N6O2. The van der Waals surface area contributed by atoms with Crippen LogP contribution in [0.2, 0.25) is 0 Å². The molecule has 3 amide bonds. The number of amides is 3. The predicted molar refractivity (Wildman–Crippen MR) is 140 cm³/mol. The van der Waals surface area contributed by atoms with Crippen LogP contribution in [0, 0.1) is 0 Å². The Morgan fingerprint density at radius 3 is 2.33 bits per heavy atom. The Morgan fingerprint density at radius 1 is 1.00 bits per heavy atom. The molecule has 1 aromatic heterocycles. The summed E-state index contributed by atoms with van der Waals surface area (Å²) >= 11 is 0. The van der Waals surface area contributed by atoms with Gasteiger partial charge in [0.25, 0.3) is 5.91 Å². The van der Waals surface area contributed by atoms with E-state index in [1.807, 2.05) is 6.07 Å². The van der Waals surface area contributed by atoms with E-state index >= 15 is 0 Å². The summed E-state index contributed by atoms with van der Waals surface area (Å²) in [7, 11) is 5.89. The van der Waals surface area contributed by atoms with E-state index in [1.54, 1.807) is 42.5 Å². The summed E-state index contributed by atoms with van der Waals surface area (Å²) in [5.74, 6) is 0.348. The first-order valence-electron chi connectivity index (χ1n) is 12.3. The van der Waals surface area contributed by atoms with Crippen molar-refractivity contribution < 1.29 is 9.59 Å². The first-order valence-corrected chi connectivity index (χ1v) is 12.3. The Bertz CT molecular complexity index is 1250. The fourth-order valence-electron chi connectivity index (χ4n) is 5.64. The van der Waals surface area contributed by atoms with Crippen molar-refractivity contribution in [1.82, 2.24) is 25.5 Å². The number of rotatable bonds is 5. The minimum Gasteiger partial charge on any atom is -0.355 e. The fourth-order valence-corrected chi connectivity index (χ4v) is 5.64. The lowest BCUT2D eigenvalue weighted by atomic mass is 9.69. The Labute approximate surface area is 211 Å². The van der Waals surface area contributed by atoms with E-state index in [0.717, 1.165) is 31.2 Å². The molecule has 0 unspecified atom stereocenters. The van der Waals surface area contributed by atoms with Crippen molar-refractivity contribution in [2.45, 2.75) is 36.8 Å². The first kappa shape index (κ1) is 23.9. The molecule has 2 fully saturated rings. The molecule has 1 saturated heterocycles. The van der Waals surface area contributed by atoms with Gasteiger partial charge in [-0.2, -0.15) is 0 Å². The Kier molecular flexibility index (Phi) is 6.22. The highest BCUT2D eigenvalue weighted by molar-refractivity contribution is 5.96. The van der Waals surface area contributed by atoms with Crippen LogP contribution in [0.1, 0.15) is 41.6 Å². The summed E-state index contributed by atoms with van der Waals surface area (Å²) in [5.41, 5.74) is 3.01. The normalized spacial score (nSPS) is 23.7. The Hall–Kier alpha value is -3.78. The lowest BCUT2D eigenvalue weighted by molar-refractivity contribution is 0.0658. The van der Waals surface area contributed by atoms with Gasteiger partial charge in [-0.3, -0.25) is 14.6 Å². The van der Waals surface area contributed by atoms with Crippen LogP contribution in [-0.4, -0.2) is 60.0 Å². The number of benzene rings is 2. The van der Waals surface area contributed by atoms with Crippen LogP contribution in [0.5, 0.6) is 0 Å². The number of urea groups is 1. The molecule has 36 heavy (non-hydrogen) atoms. The number of hydrogen-bond donors (Lipinski definition) is 2. The van der Waals surface area contributed by atoms with Crippen molar-refractivity contribution in [3.63, 3.8) is 0 Å². The van der Waals surface area contributed by atoms with Gasteiger partial charge < -0.3 is 10.6 Å². The number of nitrogens with zero attached hydrogens (tertiary/aromatic N) is 4. The SMILES string of the molecule is CNC(=O)c1cccc(-c2ncc(N3CC4(CCC(c5ccccc5)(N(C)C)CC4)NC3=O)cn2)c1. The van der Waals surface area contributed by atoms with Crippen molar-refractivity contribution >= 4 is 17.6 Å². The van der Waals surface area contributed by atoms with Crippen molar-refractivity contribution in [2.75, 3.05) is 32.6 Å². The van der Waals surface area contributed by atoms with E-state index < -0.39 is 0 Å². The summed E-state index contributed by atoms with van der Waals surface area (Å²) < 4.78 is 0. The Balaban J connectivity index is 1.32. The molecule has 8 heteroatoms. The van der Waals surface area contributed by atoms with E-state index in [-0.39, 0.29) is 23.0 Å². The van der Waals surface area contributed by atoms with Crippen LogP contribution in [-0.2, 0) is 5.54 Å². The van der Waals surface area contributed by atoms with Gasteiger partial charge in [0.2, 0.25) is 0 Å². The highest BCUT2D eigenvalue weighted by Gasteiger charge is 2.50. The van der Waals surface area contributed by atoms with Crippen LogP contribution < -0.4 is 15.5 Å². The summed E-state index contributed by atoms with van der Waals surface area (Å²) in [4.78, 5) is 38.1. The molecule has 3 aromatic rings. The number of nitrogens with one attached hydrogen (secondary N) is 2. The zero-order chi connectivity index (χ0) is 25.3. The molecule has 2 N–H and O–H groups in total. The number of carbonyl (C=O) groups excluding carboxylic acids is 2. The van der Waals surface area contributed by atoms with Gasteiger partial charge in [0.05, 0.1) is 30.2 Å². The van der Waals surface area contributed by atoms with Crippen molar-refractivity contribution in [3.05, 3.63) is 78.1 Å². The van der Waals surface area contributed by atoms with Crippen molar-refractivity contribution in [1.29, 1.82) is 0 Å². The van der Waals surface area contributed by atoms with Gasteiger partial charge in [0.15, 0.2) is 5.82 Å². The minimum atomic E-state index is -0.258. The topological polar surface area (TPSA) is 90.5 Å². The molecule has 1 spiro atoms. The summed E-state index contributed by atoms with van der Waals surface area (Å²) in [6.45, 7) is 0.596. The summed E-state index contributed by atoms with van der Waals surface area (Å²) in [5, 5.41) is 5.91. The molecular weight excluding hydrogens is 452 g/mol. The maximum absolute atomic E-state index is 13.0. The van der Waals surface area contributed by atoms with E-state index in [9.17, 15) is 9.59 Å². The molecule has 2 heterocycles. The second kappa shape index (κ2) is 9.35. The molecule has 5 rings (SSSR count). The van der Waals surface area contributed by atoms with Crippen LogP contribution >= 0.6 is 0 Å². The lowest BCUT2D eigenvalue weighted by Crippen LogP contribution is -2.54. The molecule has 1 aliphatic carbocycles. The van der Waals surface area contributed by atoms with E-state index in [2.05, 4.69) is 69.9 Å². The maximum Gasteiger partial charge on any atom is 0.322 e. The quantitative estimate of drug-likeness (QED) is 0.575. The van der Waals surface area contributed by atoms with Crippen LogP contribution in [0.15, 0.2) is 67.0 Å². The standard InChI is InChI=1S/C28H32N6O2/c1-29-25(35)21-9-7-8-20(16-21)24-30-17-23(18-31-24)34-19-27(32-26(34)36)12-14-28(15-13-27,33(2)3)22-10-5-4-6-11-22/h4-11,16-18H,12-15,19H2,1-3H3,(H,29,35)(H,32,36). The number of aromatic nitrogens is 2. The van der Waals surface area contributed by atoms with Crippen LogP contribution in [0.3, 0.4) is 0 Å². The Morgan fingerprint density at radius 2 is 1.69 bits per heavy atom. The van der Waals surface area contributed by atoms with Gasteiger partial charge >= 0.3 is 6.03 Å². The molecule has 2 aromatic carbocycles. The third kappa shape index (κ3) is 4.22. The van der Waals surface area contributed by atoms with Crippen molar-refractivity contribution in [2.24, 2.45) is 0 Å². The van der Waals surface area contributed by atoms with Crippen LogP contribution in [0.4, 0.5) is 10.5 Å². The van der Waals surface area contributed by atoms with E-state index in [0.29, 0.717) is 23.6 Å². The van der Waals surface area contributed by atoms with E-state index in [4.69, 9.17) is 0 Å². The zero-order valence-electron chi connectivity index (χ0n) is 21.0. The van der Waals surface area contributed by atoms with Gasteiger partial charge in [0, 0.05) is 23.7 Å². The highest BCUT2D eigenvalue weighted by Crippen LogP contribution is 2.46. The van der Waals surface area contributed by atoms with E-state index in [1.165, 1.54) is 5.56 Å². The average molecular weight is 485 g/mol. The number of anilines is 1. The first-order chi connectivity index (χ1) is 17.4. The second-order valence-corrected chi connectivity index (χ2v) is 10.0. The summed E-state index contributed by atoms with van der Waals surface area (Å²) in [6, 6.07) is 17.7. The average Bonchev–Trinajstić information content (AvgIpc) is 3.24. The molecule has 2 aliphatic rings. The highest BCUT2D eigenvalue weighted by atomic mass is 16.2. The zero-order valence-corrected chi connectivity index (χ0v) is 21.0. The third-order valence-electron chi connectivity index (χ3n) is 7.84. The molecule has 1 aliphatic heterocycles. The van der Waals surface area contributed by atoms with Gasteiger partial charge in [0.1, 0.15) is 0 Å². The molecule has 186 valence electrons. The number of carbonyl (C=O) groups is 2. The fraction of sp³-hybridized carbons (Fsp3) is 0.357. The lowest BCUT2D eigenvalue weighted by Gasteiger charge is -2.48. The monoisotopic (exact) mass is 484 g/mol. The van der Waals surface area contributed by atoms with Gasteiger partial charge in [-0.15, -0.1) is 0 Å². The second-order valence-electron chi connectivity index (χ2n) is 10.0. The van der Waals surface area contributed by atoms with Gasteiger partial charge in [-0.25, -0.2) is 14.8 Å². The van der Waals surface area contributed by atoms with Gasteiger partial charge in [-0.1, -0.05) is 42.5 Å². The molecule has 0 atom stereocenters.